The normalized spacial score (nSPS) is 11.2. The summed E-state index contributed by atoms with van der Waals surface area (Å²) in [5.74, 6) is 2.18. The van der Waals surface area contributed by atoms with Crippen LogP contribution >= 0.6 is 0 Å². The molecular formula is C17H15NO4. The van der Waals surface area contributed by atoms with E-state index in [1.165, 1.54) is 6.21 Å². The Kier molecular flexibility index (Phi) is 3.70. The standard InChI is InChI=1S/C17H15NO4/c1-20-14-5-3-11(4-6-14)16-9-12-7-15(21-2)8-13(10-18-19)17(12)22-16/h3-10,19H,1-2H3. The van der Waals surface area contributed by atoms with E-state index in [0.29, 0.717) is 16.9 Å². The molecule has 5 nitrogen and oxygen atoms in total. The van der Waals surface area contributed by atoms with E-state index in [1.807, 2.05) is 36.4 Å². The van der Waals surface area contributed by atoms with Gasteiger partial charge in [0, 0.05) is 16.5 Å². The Morgan fingerprint density at radius 1 is 1.00 bits per heavy atom. The van der Waals surface area contributed by atoms with E-state index in [1.54, 1.807) is 20.3 Å². The van der Waals surface area contributed by atoms with Crippen LogP contribution in [0.3, 0.4) is 0 Å². The third-order valence-electron chi connectivity index (χ3n) is 3.43. The zero-order valence-electron chi connectivity index (χ0n) is 12.2. The van der Waals surface area contributed by atoms with E-state index in [9.17, 15) is 0 Å². The highest BCUT2D eigenvalue weighted by Gasteiger charge is 2.11. The second kappa shape index (κ2) is 5.81. The zero-order valence-corrected chi connectivity index (χ0v) is 12.2. The van der Waals surface area contributed by atoms with E-state index in [2.05, 4.69) is 5.16 Å². The highest BCUT2D eigenvalue weighted by Crippen LogP contribution is 2.33. The first-order chi connectivity index (χ1) is 10.7. The van der Waals surface area contributed by atoms with Crippen molar-refractivity contribution >= 4 is 17.2 Å². The van der Waals surface area contributed by atoms with Crippen LogP contribution < -0.4 is 9.47 Å². The topological polar surface area (TPSA) is 64.2 Å². The van der Waals surface area contributed by atoms with Crippen molar-refractivity contribution in [1.29, 1.82) is 0 Å². The molecule has 0 fully saturated rings. The number of benzene rings is 2. The van der Waals surface area contributed by atoms with Gasteiger partial charge in [-0.15, -0.1) is 0 Å². The fourth-order valence-corrected chi connectivity index (χ4v) is 2.33. The molecule has 1 N–H and O–H groups in total. The van der Waals surface area contributed by atoms with Gasteiger partial charge in [-0.05, 0) is 42.5 Å². The molecule has 0 aliphatic rings. The van der Waals surface area contributed by atoms with E-state index in [-0.39, 0.29) is 0 Å². The molecule has 1 heterocycles. The molecule has 0 spiro atoms. The monoisotopic (exact) mass is 297 g/mol. The van der Waals surface area contributed by atoms with Gasteiger partial charge in [0.2, 0.25) is 0 Å². The van der Waals surface area contributed by atoms with E-state index < -0.39 is 0 Å². The van der Waals surface area contributed by atoms with E-state index in [4.69, 9.17) is 19.1 Å². The Morgan fingerprint density at radius 2 is 1.73 bits per heavy atom. The SMILES string of the molecule is COc1ccc(-c2cc3cc(OC)cc(C=NO)c3o2)cc1. The number of hydrogen-bond acceptors (Lipinski definition) is 5. The molecule has 3 aromatic rings. The number of nitrogens with zero attached hydrogens (tertiary/aromatic N) is 1. The Hall–Kier alpha value is -2.95. The maximum Gasteiger partial charge on any atom is 0.143 e. The third-order valence-corrected chi connectivity index (χ3v) is 3.43. The van der Waals surface area contributed by atoms with Gasteiger partial charge < -0.3 is 19.1 Å². The van der Waals surface area contributed by atoms with E-state index >= 15 is 0 Å². The molecule has 22 heavy (non-hydrogen) atoms. The lowest BCUT2D eigenvalue weighted by molar-refractivity contribution is 0.322. The Morgan fingerprint density at radius 3 is 2.36 bits per heavy atom. The molecule has 0 saturated carbocycles. The van der Waals surface area contributed by atoms with Gasteiger partial charge in [0.25, 0.3) is 0 Å². The minimum Gasteiger partial charge on any atom is -0.497 e. The summed E-state index contributed by atoms with van der Waals surface area (Å²) in [6.07, 6.45) is 1.33. The van der Waals surface area contributed by atoms with Crippen molar-refractivity contribution in [3.05, 3.63) is 48.0 Å². The fourth-order valence-electron chi connectivity index (χ4n) is 2.33. The average molecular weight is 297 g/mol. The van der Waals surface area contributed by atoms with Crippen molar-refractivity contribution in [3.63, 3.8) is 0 Å². The molecule has 112 valence electrons. The summed E-state index contributed by atoms with van der Waals surface area (Å²) < 4.78 is 16.3. The van der Waals surface area contributed by atoms with Gasteiger partial charge in [-0.2, -0.15) is 0 Å². The van der Waals surface area contributed by atoms with Crippen molar-refractivity contribution in [1.82, 2.24) is 0 Å². The number of oxime groups is 1. The lowest BCUT2D eigenvalue weighted by Gasteiger charge is -2.01. The number of ether oxygens (including phenoxy) is 2. The predicted octanol–water partition coefficient (Wildman–Crippen LogP) is 3.93. The van der Waals surface area contributed by atoms with Crippen LogP contribution in [0.4, 0.5) is 0 Å². The predicted molar refractivity (Wildman–Crippen MR) is 84.1 cm³/mol. The van der Waals surface area contributed by atoms with Crippen molar-refractivity contribution in [3.8, 4) is 22.8 Å². The largest absolute Gasteiger partial charge is 0.497 e. The minimum absolute atomic E-state index is 0.643. The summed E-state index contributed by atoms with van der Waals surface area (Å²) in [7, 11) is 3.22. The molecule has 0 bridgehead atoms. The van der Waals surface area contributed by atoms with Crippen molar-refractivity contribution in [2.45, 2.75) is 0 Å². The number of hydrogen-bond donors (Lipinski definition) is 1. The van der Waals surface area contributed by atoms with Gasteiger partial charge in [0.1, 0.15) is 22.8 Å². The van der Waals surface area contributed by atoms with Crippen LogP contribution in [0.1, 0.15) is 5.56 Å². The molecule has 0 aliphatic heterocycles. The van der Waals surface area contributed by atoms with Gasteiger partial charge in [-0.3, -0.25) is 0 Å². The van der Waals surface area contributed by atoms with Crippen LogP contribution in [-0.2, 0) is 0 Å². The summed E-state index contributed by atoms with van der Waals surface area (Å²) in [4.78, 5) is 0. The van der Waals surface area contributed by atoms with Crippen molar-refractivity contribution < 1.29 is 19.1 Å². The van der Waals surface area contributed by atoms with Crippen LogP contribution in [-0.4, -0.2) is 25.6 Å². The quantitative estimate of drug-likeness (QED) is 0.450. The van der Waals surface area contributed by atoms with Crippen LogP contribution in [0, 0.1) is 0 Å². The van der Waals surface area contributed by atoms with Gasteiger partial charge in [-0.25, -0.2) is 0 Å². The molecule has 0 radical (unpaired) electrons. The van der Waals surface area contributed by atoms with Gasteiger partial charge in [0.05, 0.1) is 20.4 Å². The average Bonchev–Trinajstić information content (AvgIpc) is 2.99. The highest BCUT2D eigenvalue weighted by molar-refractivity contribution is 5.99. The van der Waals surface area contributed by atoms with Crippen LogP contribution in [0.15, 0.2) is 52.0 Å². The third kappa shape index (κ3) is 2.48. The summed E-state index contributed by atoms with van der Waals surface area (Å²) in [5.41, 5.74) is 2.23. The number of fused-ring (bicyclic) bond motifs is 1. The van der Waals surface area contributed by atoms with Crippen LogP contribution in [0.2, 0.25) is 0 Å². The summed E-state index contributed by atoms with van der Waals surface area (Å²) >= 11 is 0. The Balaban J connectivity index is 2.13. The summed E-state index contributed by atoms with van der Waals surface area (Å²) in [6.45, 7) is 0. The van der Waals surface area contributed by atoms with Gasteiger partial charge in [-0.1, -0.05) is 5.16 Å². The molecule has 2 aromatic carbocycles. The fraction of sp³-hybridized carbons (Fsp3) is 0.118. The highest BCUT2D eigenvalue weighted by atomic mass is 16.5. The molecule has 3 rings (SSSR count). The number of rotatable bonds is 4. The molecule has 0 saturated heterocycles. The lowest BCUT2D eigenvalue weighted by atomic mass is 10.1. The molecule has 5 heteroatoms. The summed E-state index contributed by atoms with van der Waals surface area (Å²) in [5, 5.41) is 12.8. The Labute approximate surface area is 127 Å². The Bertz CT molecular complexity index is 819. The first-order valence-electron chi connectivity index (χ1n) is 6.68. The lowest BCUT2D eigenvalue weighted by Crippen LogP contribution is -1.87. The molecule has 1 aromatic heterocycles. The number of methoxy groups -OCH3 is 2. The molecule has 0 aliphatic carbocycles. The first-order valence-corrected chi connectivity index (χ1v) is 6.68. The van der Waals surface area contributed by atoms with Crippen LogP contribution in [0.5, 0.6) is 11.5 Å². The molecule has 0 atom stereocenters. The minimum atomic E-state index is 0.643. The molecule has 0 amide bonds. The van der Waals surface area contributed by atoms with Gasteiger partial charge in [0.15, 0.2) is 0 Å². The van der Waals surface area contributed by atoms with Crippen molar-refractivity contribution in [2.24, 2.45) is 5.16 Å². The van der Waals surface area contributed by atoms with Gasteiger partial charge >= 0.3 is 0 Å². The second-order valence-corrected chi connectivity index (χ2v) is 4.72. The number of furan rings is 1. The van der Waals surface area contributed by atoms with Crippen LogP contribution in [0.25, 0.3) is 22.3 Å². The summed E-state index contributed by atoms with van der Waals surface area (Å²) in [6, 6.07) is 13.2. The maximum atomic E-state index is 8.80. The zero-order chi connectivity index (χ0) is 15.5. The first kappa shape index (κ1) is 14.0. The van der Waals surface area contributed by atoms with E-state index in [0.717, 1.165) is 22.5 Å². The maximum absolute atomic E-state index is 8.80. The smallest absolute Gasteiger partial charge is 0.143 e. The van der Waals surface area contributed by atoms with Crippen molar-refractivity contribution in [2.75, 3.05) is 14.2 Å². The molecular weight excluding hydrogens is 282 g/mol. The molecule has 0 unspecified atom stereocenters. The second-order valence-electron chi connectivity index (χ2n) is 4.72.